The second-order valence-corrected chi connectivity index (χ2v) is 8.79. The molecule has 1 aromatic carbocycles. The number of alkyl halides is 2. The number of halogens is 2. The third-order valence-corrected chi connectivity index (χ3v) is 6.65. The molecule has 138 valence electrons. The van der Waals surface area contributed by atoms with E-state index in [0.717, 1.165) is 18.8 Å². The van der Waals surface area contributed by atoms with Gasteiger partial charge in [-0.1, -0.05) is 18.6 Å². The highest BCUT2D eigenvalue weighted by Crippen LogP contribution is 2.63. The molecule has 6 heteroatoms. The van der Waals surface area contributed by atoms with Gasteiger partial charge < -0.3 is 10.1 Å². The number of carbonyl (C=O) groups is 1. The van der Waals surface area contributed by atoms with E-state index in [1.807, 2.05) is 19.1 Å². The van der Waals surface area contributed by atoms with Crippen molar-refractivity contribution in [3.05, 3.63) is 29.8 Å². The highest BCUT2D eigenvalue weighted by Gasteiger charge is 2.67. The molecule has 0 bridgehead atoms. The number of benzene rings is 1. The molecule has 1 saturated heterocycles. The Morgan fingerprint density at radius 1 is 1.24 bits per heavy atom. The summed E-state index contributed by atoms with van der Waals surface area (Å²) in [5, 5.41) is 3.08. The number of amides is 1. The lowest BCUT2D eigenvalue weighted by atomic mass is 10.0. The summed E-state index contributed by atoms with van der Waals surface area (Å²) in [4.78, 5) is 15.0. The van der Waals surface area contributed by atoms with Crippen LogP contribution in [0.1, 0.15) is 44.2 Å². The van der Waals surface area contributed by atoms with E-state index in [2.05, 4.69) is 22.3 Å². The highest BCUT2D eigenvalue weighted by atomic mass is 35.5. The third-order valence-electron chi connectivity index (χ3n) is 5.55. The monoisotopic (exact) mass is 384 g/mol. The van der Waals surface area contributed by atoms with Crippen LogP contribution in [0.5, 0.6) is 5.75 Å². The molecule has 2 unspecified atom stereocenters. The summed E-state index contributed by atoms with van der Waals surface area (Å²) in [6.45, 7) is 4.49. The zero-order chi connectivity index (χ0) is 18.1. The van der Waals surface area contributed by atoms with E-state index in [1.54, 1.807) is 7.11 Å². The Labute approximate surface area is 159 Å². The summed E-state index contributed by atoms with van der Waals surface area (Å²) >= 11 is 12.3. The van der Waals surface area contributed by atoms with E-state index in [4.69, 9.17) is 27.9 Å². The van der Waals surface area contributed by atoms with Crippen LogP contribution in [0.3, 0.4) is 0 Å². The smallest absolute Gasteiger partial charge is 0.229 e. The van der Waals surface area contributed by atoms with Crippen LogP contribution in [0.2, 0.25) is 0 Å². The van der Waals surface area contributed by atoms with Crippen molar-refractivity contribution in [1.82, 2.24) is 10.2 Å². The maximum atomic E-state index is 12.5. The van der Waals surface area contributed by atoms with Gasteiger partial charge in [0.1, 0.15) is 10.1 Å². The standard InChI is InChI=1S/C19H26Cl2N2O2/c1-18(13-19(18,20)21)17(24)22-12-16(23-10-4-3-5-11-23)14-6-8-15(25-2)9-7-14/h6-9,16H,3-5,10-13H2,1-2H3,(H,22,24). The molecule has 4 nitrogen and oxygen atoms in total. The molecular formula is C19H26Cl2N2O2. The largest absolute Gasteiger partial charge is 0.497 e. The first-order chi connectivity index (χ1) is 11.9. The Morgan fingerprint density at radius 2 is 1.84 bits per heavy atom. The summed E-state index contributed by atoms with van der Waals surface area (Å²) in [5.41, 5.74) is 0.509. The SMILES string of the molecule is COc1ccc(C(CNC(=O)C2(C)CC2(Cl)Cl)N2CCCCC2)cc1. The molecule has 1 saturated carbocycles. The minimum atomic E-state index is -0.933. The van der Waals surface area contributed by atoms with Crippen LogP contribution in [0.4, 0.5) is 0 Å². The summed E-state index contributed by atoms with van der Waals surface area (Å²) in [6.07, 6.45) is 4.18. The average molecular weight is 385 g/mol. The van der Waals surface area contributed by atoms with Gasteiger partial charge in [0, 0.05) is 6.54 Å². The lowest BCUT2D eigenvalue weighted by molar-refractivity contribution is -0.126. The zero-order valence-corrected chi connectivity index (χ0v) is 16.4. The fourth-order valence-corrected chi connectivity index (χ4v) is 4.25. The van der Waals surface area contributed by atoms with Crippen LogP contribution in [0.15, 0.2) is 24.3 Å². The molecule has 0 aromatic heterocycles. The van der Waals surface area contributed by atoms with Gasteiger partial charge in [-0.05, 0) is 57.0 Å². The summed E-state index contributed by atoms with van der Waals surface area (Å²) in [5.74, 6) is 0.776. The predicted octanol–water partition coefficient (Wildman–Crippen LogP) is 3.92. The molecule has 25 heavy (non-hydrogen) atoms. The predicted molar refractivity (Wildman–Crippen MR) is 101 cm³/mol. The second kappa shape index (κ2) is 7.34. The number of ether oxygens (including phenoxy) is 1. The third kappa shape index (κ3) is 3.91. The Hall–Kier alpha value is -0.970. The highest BCUT2D eigenvalue weighted by molar-refractivity contribution is 6.53. The van der Waals surface area contributed by atoms with Crippen molar-refractivity contribution in [2.75, 3.05) is 26.7 Å². The maximum absolute atomic E-state index is 12.5. The number of piperidine rings is 1. The molecule has 1 aromatic rings. The minimum Gasteiger partial charge on any atom is -0.497 e. The van der Waals surface area contributed by atoms with Crippen LogP contribution in [0, 0.1) is 5.41 Å². The lowest BCUT2D eigenvalue weighted by Crippen LogP contribution is -2.42. The molecule has 2 atom stereocenters. The van der Waals surface area contributed by atoms with Crippen molar-refractivity contribution < 1.29 is 9.53 Å². The molecule has 2 aliphatic rings. The molecule has 0 spiro atoms. The molecule has 0 radical (unpaired) electrons. The Kier molecular flexibility index (Phi) is 5.52. The van der Waals surface area contributed by atoms with Gasteiger partial charge in [0.2, 0.25) is 5.91 Å². The normalized spacial score (nSPS) is 26.7. The van der Waals surface area contributed by atoms with E-state index in [-0.39, 0.29) is 11.9 Å². The first-order valence-corrected chi connectivity index (χ1v) is 9.67. The van der Waals surface area contributed by atoms with Gasteiger partial charge in [0.25, 0.3) is 0 Å². The van der Waals surface area contributed by atoms with Gasteiger partial charge in [-0.3, -0.25) is 9.69 Å². The number of rotatable bonds is 6. The van der Waals surface area contributed by atoms with Crippen LogP contribution < -0.4 is 10.1 Å². The molecule has 2 fully saturated rings. The van der Waals surface area contributed by atoms with E-state index in [0.29, 0.717) is 13.0 Å². The zero-order valence-electron chi connectivity index (χ0n) is 14.9. The van der Waals surface area contributed by atoms with E-state index < -0.39 is 9.75 Å². The number of nitrogens with zero attached hydrogens (tertiary/aromatic N) is 1. The van der Waals surface area contributed by atoms with Crippen molar-refractivity contribution in [2.45, 2.75) is 43.0 Å². The number of nitrogens with one attached hydrogen (secondary N) is 1. The van der Waals surface area contributed by atoms with Crippen LogP contribution >= 0.6 is 23.2 Å². The molecular weight excluding hydrogens is 359 g/mol. The lowest BCUT2D eigenvalue weighted by Gasteiger charge is -2.35. The number of carbonyl (C=O) groups excluding carboxylic acids is 1. The number of hydrogen-bond acceptors (Lipinski definition) is 3. The van der Waals surface area contributed by atoms with Crippen LogP contribution in [-0.2, 0) is 4.79 Å². The summed E-state index contributed by atoms with van der Waals surface area (Å²) in [6, 6.07) is 8.25. The van der Waals surface area contributed by atoms with Gasteiger partial charge in [0.05, 0.1) is 18.6 Å². The van der Waals surface area contributed by atoms with Crippen molar-refractivity contribution >= 4 is 29.1 Å². The number of methoxy groups -OCH3 is 1. The topological polar surface area (TPSA) is 41.6 Å². The molecule has 1 aliphatic carbocycles. The molecule has 3 rings (SSSR count). The van der Waals surface area contributed by atoms with E-state index >= 15 is 0 Å². The number of hydrogen-bond donors (Lipinski definition) is 1. The van der Waals surface area contributed by atoms with Crippen molar-refractivity contribution in [1.29, 1.82) is 0 Å². The van der Waals surface area contributed by atoms with E-state index in [9.17, 15) is 4.79 Å². The second-order valence-electron chi connectivity index (χ2n) is 7.31. The van der Waals surface area contributed by atoms with Crippen molar-refractivity contribution in [3.63, 3.8) is 0 Å². The maximum Gasteiger partial charge on any atom is 0.229 e. The first-order valence-electron chi connectivity index (χ1n) is 8.91. The quantitative estimate of drug-likeness (QED) is 0.755. The molecule has 1 heterocycles. The Morgan fingerprint density at radius 3 is 2.36 bits per heavy atom. The van der Waals surface area contributed by atoms with E-state index in [1.165, 1.54) is 24.8 Å². The van der Waals surface area contributed by atoms with Gasteiger partial charge in [-0.2, -0.15) is 0 Å². The number of likely N-dealkylation sites (tertiary alicyclic amines) is 1. The molecule has 1 aliphatic heterocycles. The molecule has 1 amide bonds. The summed E-state index contributed by atoms with van der Waals surface area (Å²) in [7, 11) is 1.66. The minimum absolute atomic E-state index is 0.0620. The van der Waals surface area contributed by atoms with Crippen molar-refractivity contribution in [3.8, 4) is 5.75 Å². The summed E-state index contributed by atoms with van der Waals surface area (Å²) < 4.78 is 4.32. The fourth-order valence-electron chi connectivity index (χ4n) is 3.54. The first kappa shape index (κ1) is 18.8. The Bertz CT molecular complexity index is 614. The van der Waals surface area contributed by atoms with Gasteiger partial charge in [-0.15, -0.1) is 23.2 Å². The Balaban J connectivity index is 1.71. The average Bonchev–Trinajstić information content (AvgIpc) is 3.15. The van der Waals surface area contributed by atoms with Gasteiger partial charge >= 0.3 is 0 Å². The fraction of sp³-hybridized carbons (Fsp3) is 0.632. The van der Waals surface area contributed by atoms with Crippen molar-refractivity contribution in [2.24, 2.45) is 5.41 Å². The van der Waals surface area contributed by atoms with Gasteiger partial charge in [-0.25, -0.2) is 0 Å². The van der Waals surface area contributed by atoms with Gasteiger partial charge in [0.15, 0.2) is 0 Å². The van der Waals surface area contributed by atoms with Crippen LogP contribution in [-0.4, -0.2) is 41.9 Å². The molecule has 1 N–H and O–H groups in total. The van der Waals surface area contributed by atoms with Crippen LogP contribution in [0.25, 0.3) is 0 Å².